The maximum atomic E-state index is 5.43. The van der Waals surface area contributed by atoms with Gasteiger partial charge in [-0.05, 0) is 54.2 Å². The molecule has 0 aliphatic rings. The molecule has 0 saturated heterocycles. The Morgan fingerprint density at radius 3 is 1.95 bits per heavy atom. The van der Waals surface area contributed by atoms with Gasteiger partial charge < -0.3 is 19.7 Å². The Hall–Kier alpha value is -2.27. The first kappa shape index (κ1) is 16.1. The van der Waals surface area contributed by atoms with Crippen molar-refractivity contribution in [1.82, 2.24) is 4.90 Å². The minimum atomic E-state index is 0.668. The fraction of sp³-hybridized carbons (Fsp3) is 0.235. The number of nitrogens with one attached hydrogen (secondary N) is 1. The first-order valence-electron chi connectivity index (χ1n) is 6.91. The lowest BCUT2D eigenvalue weighted by Gasteiger charge is -2.21. The van der Waals surface area contributed by atoms with Crippen LogP contribution in [0.4, 0.5) is 5.69 Å². The van der Waals surface area contributed by atoms with E-state index in [9.17, 15) is 0 Å². The van der Waals surface area contributed by atoms with Crippen LogP contribution in [0.5, 0.6) is 11.5 Å². The van der Waals surface area contributed by atoms with E-state index in [1.165, 1.54) is 5.56 Å². The SMILES string of the molecule is COc1ccc(CN(C)C(=S)Nc2ccc(OC)cc2)cc1. The molecular weight excluding hydrogens is 296 g/mol. The Labute approximate surface area is 136 Å². The number of anilines is 1. The topological polar surface area (TPSA) is 33.7 Å². The highest BCUT2D eigenvalue weighted by Gasteiger charge is 2.06. The Kier molecular flexibility index (Phi) is 5.61. The van der Waals surface area contributed by atoms with Crippen LogP contribution in [-0.4, -0.2) is 31.3 Å². The molecule has 116 valence electrons. The van der Waals surface area contributed by atoms with Crippen LogP contribution in [0.1, 0.15) is 5.56 Å². The first-order chi connectivity index (χ1) is 10.6. The van der Waals surface area contributed by atoms with E-state index in [4.69, 9.17) is 21.7 Å². The molecule has 0 spiro atoms. The van der Waals surface area contributed by atoms with Gasteiger partial charge >= 0.3 is 0 Å². The summed E-state index contributed by atoms with van der Waals surface area (Å²) in [7, 11) is 5.27. The van der Waals surface area contributed by atoms with Gasteiger partial charge in [-0.15, -0.1) is 0 Å². The zero-order valence-electron chi connectivity index (χ0n) is 13.0. The molecule has 2 aromatic rings. The quantitative estimate of drug-likeness (QED) is 0.854. The van der Waals surface area contributed by atoms with E-state index in [-0.39, 0.29) is 0 Å². The maximum absolute atomic E-state index is 5.43. The minimum absolute atomic E-state index is 0.668. The Morgan fingerprint density at radius 2 is 1.45 bits per heavy atom. The molecule has 4 nitrogen and oxygen atoms in total. The van der Waals surface area contributed by atoms with Crippen molar-refractivity contribution < 1.29 is 9.47 Å². The number of rotatable bonds is 5. The van der Waals surface area contributed by atoms with E-state index >= 15 is 0 Å². The van der Waals surface area contributed by atoms with Crippen molar-refractivity contribution in [3.8, 4) is 11.5 Å². The van der Waals surface area contributed by atoms with Crippen LogP contribution in [0.25, 0.3) is 0 Å². The van der Waals surface area contributed by atoms with Crippen molar-refractivity contribution in [1.29, 1.82) is 0 Å². The van der Waals surface area contributed by atoms with E-state index in [1.807, 2.05) is 60.5 Å². The molecule has 0 aliphatic heterocycles. The molecule has 1 N–H and O–H groups in total. The predicted molar refractivity (Wildman–Crippen MR) is 93.7 cm³/mol. The van der Waals surface area contributed by atoms with Crippen molar-refractivity contribution in [2.24, 2.45) is 0 Å². The normalized spacial score (nSPS) is 9.95. The molecule has 0 atom stereocenters. The number of methoxy groups -OCH3 is 2. The molecule has 5 heteroatoms. The molecule has 0 aromatic heterocycles. The van der Waals surface area contributed by atoms with Crippen LogP contribution < -0.4 is 14.8 Å². The molecule has 22 heavy (non-hydrogen) atoms. The summed E-state index contributed by atoms with van der Waals surface area (Å²) in [6.45, 7) is 0.728. The summed E-state index contributed by atoms with van der Waals surface area (Å²) in [4.78, 5) is 1.99. The van der Waals surface area contributed by atoms with Gasteiger partial charge in [0, 0.05) is 19.3 Å². The molecule has 0 unspecified atom stereocenters. The lowest BCUT2D eigenvalue weighted by atomic mass is 10.2. The van der Waals surface area contributed by atoms with E-state index in [0.717, 1.165) is 23.7 Å². The highest BCUT2D eigenvalue weighted by Crippen LogP contribution is 2.16. The second-order valence-electron chi connectivity index (χ2n) is 4.86. The third-order valence-electron chi connectivity index (χ3n) is 3.27. The molecule has 0 amide bonds. The lowest BCUT2D eigenvalue weighted by molar-refractivity contribution is 0.414. The molecule has 0 heterocycles. The zero-order chi connectivity index (χ0) is 15.9. The van der Waals surface area contributed by atoms with Crippen LogP contribution in [0, 0.1) is 0 Å². The summed E-state index contributed by atoms with van der Waals surface area (Å²) < 4.78 is 10.3. The van der Waals surface area contributed by atoms with Gasteiger partial charge in [-0.25, -0.2) is 0 Å². The van der Waals surface area contributed by atoms with Gasteiger partial charge in [0.05, 0.1) is 14.2 Å². The monoisotopic (exact) mass is 316 g/mol. The van der Waals surface area contributed by atoms with Crippen molar-refractivity contribution in [3.05, 3.63) is 54.1 Å². The van der Waals surface area contributed by atoms with E-state index in [1.54, 1.807) is 14.2 Å². The van der Waals surface area contributed by atoms with E-state index in [2.05, 4.69) is 5.32 Å². The summed E-state index contributed by atoms with van der Waals surface area (Å²) in [5.41, 5.74) is 2.11. The molecule has 0 bridgehead atoms. The van der Waals surface area contributed by atoms with Crippen LogP contribution in [-0.2, 0) is 6.54 Å². The van der Waals surface area contributed by atoms with Gasteiger partial charge in [-0.1, -0.05) is 12.1 Å². The van der Waals surface area contributed by atoms with Crippen LogP contribution in [0.2, 0.25) is 0 Å². The van der Waals surface area contributed by atoms with E-state index in [0.29, 0.717) is 5.11 Å². The van der Waals surface area contributed by atoms with Crippen molar-refractivity contribution in [3.63, 3.8) is 0 Å². The summed E-state index contributed by atoms with van der Waals surface area (Å²) in [6.07, 6.45) is 0. The van der Waals surface area contributed by atoms with Gasteiger partial charge in [-0.2, -0.15) is 0 Å². The summed E-state index contributed by atoms with van der Waals surface area (Å²) in [5.74, 6) is 1.67. The van der Waals surface area contributed by atoms with Crippen molar-refractivity contribution in [2.45, 2.75) is 6.54 Å². The molecule has 2 rings (SSSR count). The predicted octanol–water partition coefficient (Wildman–Crippen LogP) is 3.53. The number of hydrogen-bond acceptors (Lipinski definition) is 3. The van der Waals surface area contributed by atoms with Gasteiger partial charge in [0.25, 0.3) is 0 Å². The average Bonchev–Trinajstić information content (AvgIpc) is 2.56. The standard InChI is InChI=1S/C17H20N2O2S/c1-19(12-13-4-8-15(20-2)9-5-13)17(22)18-14-6-10-16(21-3)11-7-14/h4-11H,12H2,1-3H3,(H,18,22). The van der Waals surface area contributed by atoms with Crippen LogP contribution >= 0.6 is 12.2 Å². The maximum Gasteiger partial charge on any atom is 0.173 e. The van der Waals surface area contributed by atoms with Gasteiger partial charge in [0.2, 0.25) is 0 Å². The molecule has 0 radical (unpaired) electrons. The van der Waals surface area contributed by atoms with Crippen molar-refractivity contribution >= 4 is 23.0 Å². The van der Waals surface area contributed by atoms with Crippen molar-refractivity contribution in [2.75, 3.05) is 26.6 Å². The summed E-state index contributed by atoms with van der Waals surface area (Å²) in [6, 6.07) is 15.6. The Balaban J connectivity index is 1.92. The van der Waals surface area contributed by atoms with Crippen LogP contribution in [0.15, 0.2) is 48.5 Å². The lowest BCUT2D eigenvalue weighted by Crippen LogP contribution is -2.30. The zero-order valence-corrected chi connectivity index (χ0v) is 13.8. The summed E-state index contributed by atoms with van der Waals surface area (Å²) >= 11 is 5.43. The first-order valence-corrected chi connectivity index (χ1v) is 7.32. The molecule has 0 fully saturated rings. The average molecular weight is 316 g/mol. The fourth-order valence-corrected chi connectivity index (χ4v) is 2.15. The molecule has 0 aliphatic carbocycles. The third kappa shape index (κ3) is 4.36. The smallest absolute Gasteiger partial charge is 0.173 e. The molecule has 0 saturated carbocycles. The number of hydrogen-bond donors (Lipinski definition) is 1. The second-order valence-corrected chi connectivity index (χ2v) is 5.25. The van der Waals surface area contributed by atoms with Gasteiger partial charge in [-0.3, -0.25) is 0 Å². The number of benzene rings is 2. The Bertz CT molecular complexity index is 612. The van der Waals surface area contributed by atoms with Crippen LogP contribution in [0.3, 0.4) is 0 Å². The molecular formula is C17H20N2O2S. The summed E-state index contributed by atoms with van der Waals surface area (Å²) in [5, 5.41) is 3.88. The van der Waals surface area contributed by atoms with E-state index < -0.39 is 0 Å². The van der Waals surface area contributed by atoms with Gasteiger partial charge in [0.1, 0.15) is 11.5 Å². The highest BCUT2D eigenvalue weighted by atomic mass is 32.1. The molecule has 2 aromatic carbocycles. The highest BCUT2D eigenvalue weighted by molar-refractivity contribution is 7.80. The number of nitrogens with zero attached hydrogens (tertiary/aromatic N) is 1. The fourth-order valence-electron chi connectivity index (χ4n) is 1.97. The van der Waals surface area contributed by atoms with Gasteiger partial charge in [0.15, 0.2) is 5.11 Å². The number of ether oxygens (including phenoxy) is 2. The number of thiocarbonyl (C=S) groups is 1. The largest absolute Gasteiger partial charge is 0.497 e. The second kappa shape index (κ2) is 7.66. The third-order valence-corrected chi connectivity index (χ3v) is 3.68. The Morgan fingerprint density at radius 1 is 0.955 bits per heavy atom. The minimum Gasteiger partial charge on any atom is -0.497 e.